The van der Waals surface area contributed by atoms with E-state index in [4.69, 9.17) is 5.84 Å². The first kappa shape index (κ1) is 6.99. The van der Waals surface area contributed by atoms with Crippen molar-refractivity contribution in [1.29, 1.82) is 0 Å². The molecule has 1 rings (SSSR count). The number of nitrogens with two attached hydrogens (primary N) is 1. The fourth-order valence-corrected chi connectivity index (χ4v) is 1.37. The molecule has 0 aromatic rings. The van der Waals surface area contributed by atoms with E-state index >= 15 is 0 Å². The van der Waals surface area contributed by atoms with Crippen LogP contribution in [-0.4, -0.2) is 30.2 Å². The molecule has 3 N–H and O–H groups in total. The molecule has 0 radical (unpaired) electrons. The number of rotatable bonds is 0. The smallest absolute Gasteiger partial charge is 0.0280 e. The molecule has 0 amide bonds. The maximum atomic E-state index is 5.61. The second-order valence-electron chi connectivity index (χ2n) is 2.92. The van der Waals surface area contributed by atoms with Crippen LogP contribution in [0.1, 0.15) is 13.8 Å². The summed E-state index contributed by atoms with van der Waals surface area (Å²) in [5.41, 5.74) is 0. The van der Waals surface area contributed by atoms with Crippen LogP contribution >= 0.6 is 0 Å². The molecule has 0 bridgehead atoms. The van der Waals surface area contributed by atoms with Gasteiger partial charge >= 0.3 is 0 Å². The molecule has 3 heteroatoms. The molecule has 1 saturated heterocycles. The van der Waals surface area contributed by atoms with Gasteiger partial charge in [-0.1, -0.05) is 0 Å². The number of hydrazine groups is 1. The highest BCUT2D eigenvalue weighted by Gasteiger charge is 2.17. The number of hydrogen-bond acceptors (Lipinski definition) is 3. The van der Waals surface area contributed by atoms with E-state index in [1.165, 1.54) is 0 Å². The van der Waals surface area contributed by atoms with E-state index in [1.807, 2.05) is 5.01 Å². The Hall–Kier alpha value is -0.120. The summed E-state index contributed by atoms with van der Waals surface area (Å²) < 4.78 is 0. The van der Waals surface area contributed by atoms with Crippen molar-refractivity contribution < 1.29 is 0 Å². The molecule has 9 heavy (non-hydrogen) atoms. The van der Waals surface area contributed by atoms with Gasteiger partial charge in [0.2, 0.25) is 0 Å². The predicted molar refractivity (Wildman–Crippen MR) is 37.8 cm³/mol. The molecule has 1 aliphatic heterocycles. The van der Waals surface area contributed by atoms with E-state index in [9.17, 15) is 0 Å². The molecule has 1 fully saturated rings. The van der Waals surface area contributed by atoms with Crippen LogP contribution in [0.2, 0.25) is 0 Å². The minimum absolute atomic E-state index is 0.541. The predicted octanol–water partition coefficient (Wildman–Crippen LogP) is -0.458. The first-order chi connectivity index (χ1) is 4.18. The zero-order chi connectivity index (χ0) is 6.85. The Morgan fingerprint density at radius 1 is 1.33 bits per heavy atom. The first-order valence-electron chi connectivity index (χ1n) is 3.44. The van der Waals surface area contributed by atoms with E-state index in [2.05, 4.69) is 19.2 Å². The lowest BCUT2D eigenvalue weighted by Gasteiger charge is -2.32. The molecule has 2 atom stereocenters. The molecular formula is C6H15N3. The first-order valence-corrected chi connectivity index (χ1v) is 3.44. The van der Waals surface area contributed by atoms with Crippen molar-refractivity contribution in [2.24, 2.45) is 5.84 Å². The van der Waals surface area contributed by atoms with Gasteiger partial charge in [-0.15, -0.1) is 0 Å². The van der Waals surface area contributed by atoms with Crippen LogP contribution in [0.3, 0.4) is 0 Å². The SMILES string of the molecule is C[C@@H]1CN(N)C[C@H](C)N1. The summed E-state index contributed by atoms with van der Waals surface area (Å²) in [4.78, 5) is 0. The minimum atomic E-state index is 0.541. The Labute approximate surface area is 56.2 Å². The van der Waals surface area contributed by atoms with Crippen molar-refractivity contribution in [3.05, 3.63) is 0 Å². The van der Waals surface area contributed by atoms with Crippen LogP contribution in [0.5, 0.6) is 0 Å². The van der Waals surface area contributed by atoms with Crippen molar-refractivity contribution in [2.75, 3.05) is 13.1 Å². The van der Waals surface area contributed by atoms with Crippen LogP contribution in [0.15, 0.2) is 0 Å². The molecule has 3 nitrogen and oxygen atoms in total. The lowest BCUT2D eigenvalue weighted by molar-refractivity contribution is 0.177. The Kier molecular flexibility index (Phi) is 2.05. The third kappa shape index (κ3) is 1.93. The molecular weight excluding hydrogens is 114 g/mol. The third-order valence-corrected chi connectivity index (χ3v) is 1.59. The number of nitrogens with one attached hydrogen (secondary N) is 1. The topological polar surface area (TPSA) is 41.3 Å². The van der Waals surface area contributed by atoms with E-state index < -0.39 is 0 Å². The molecule has 0 saturated carbocycles. The summed E-state index contributed by atoms with van der Waals surface area (Å²) in [6.45, 7) is 6.22. The number of hydrogen-bond donors (Lipinski definition) is 2. The molecule has 1 aliphatic rings. The van der Waals surface area contributed by atoms with Gasteiger partial charge in [0.05, 0.1) is 0 Å². The van der Waals surface area contributed by atoms with Crippen molar-refractivity contribution in [3.8, 4) is 0 Å². The average molecular weight is 129 g/mol. The summed E-state index contributed by atoms with van der Waals surface area (Å²) >= 11 is 0. The summed E-state index contributed by atoms with van der Waals surface area (Å²) in [7, 11) is 0. The van der Waals surface area contributed by atoms with E-state index in [0.717, 1.165) is 13.1 Å². The van der Waals surface area contributed by atoms with Crippen molar-refractivity contribution in [3.63, 3.8) is 0 Å². The van der Waals surface area contributed by atoms with Crippen molar-refractivity contribution >= 4 is 0 Å². The molecule has 0 aromatic carbocycles. The Morgan fingerprint density at radius 3 is 2.11 bits per heavy atom. The van der Waals surface area contributed by atoms with E-state index in [-0.39, 0.29) is 0 Å². The van der Waals surface area contributed by atoms with Crippen LogP contribution in [0, 0.1) is 0 Å². The highest BCUT2D eigenvalue weighted by atomic mass is 15.4. The average Bonchev–Trinajstić information content (AvgIpc) is 1.59. The molecule has 54 valence electrons. The normalized spacial score (nSPS) is 39.0. The van der Waals surface area contributed by atoms with Crippen molar-refractivity contribution in [1.82, 2.24) is 10.3 Å². The van der Waals surface area contributed by atoms with Crippen molar-refractivity contribution in [2.45, 2.75) is 25.9 Å². The van der Waals surface area contributed by atoms with E-state index in [0.29, 0.717) is 12.1 Å². The Bertz CT molecular complexity index is 69.3. The van der Waals surface area contributed by atoms with Gasteiger partial charge in [0.25, 0.3) is 0 Å². The van der Waals surface area contributed by atoms with Gasteiger partial charge in [-0.2, -0.15) is 0 Å². The highest BCUT2D eigenvalue weighted by molar-refractivity contribution is 4.77. The second kappa shape index (κ2) is 2.64. The molecule has 0 aliphatic carbocycles. The van der Waals surface area contributed by atoms with Crippen LogP contribution in [0.4, 0.5) is 0 Å². The van der Waals surface area contributed by atoms with Crippen LogP contribution < -0.4 is 11.2 Å². The van der Waals surface area contributed by atoms with Gasteiger partial charge in [-0.25, -0.2) is 5.01 Å². The maximum Gasteiger partial charge on any atom is 0.0280 e. The zero-order valence-corrected chi connectivity index (χ0v) is 6.09. The van der Waals surface area contributed by atoms with Crippen LogP contribution in [0.25, 0.3) is 0 Å². The second-order valence-corrected chi connectivity index (χ2v) is 2.92. The molecule has 1 heterocycles. The van der Waals surface area contributed by atoms with Gasteiger partial charge in [-0.3, -0.25) is 5.84 Å². The Morgan fingerprint density at radius 2 is 1.78 bits per heavy atom. The fraction of sp³-hybridized carbons (Fsp3) is 1.00. The summed E-state index contributed by atoms with van der Waals surface area (Å²) in [6.07, 6.45) is 0. The number of nitrogens with zero attached hydrogens (tertiary/aromatic N) is 1. The molecule has 0 aromatic heterocycles. The summed E-state index contributed by atoms with van der Waals surface area (Å²) in [5.74, 6) is 5.61. The highest BCUT2D eigenvalue weighted by Crippen LogP contribution is 1.97. The lowest BCUT2D eigenvalue weighted by Crippen LogP contribution is -2.56. The van der Waals surface area contributed by atoms with E-state index in [1.54, 1.807) is 0 Å². The molecule has 0 unspecified atom stereocenters. The largest absolute Gasteiger partial charge is 0.309 e. The van der Waals surface area contributed by atoms with Gasteiger partial charge in [0.15, 0.2) is 0 Å². The monoisotopic (exact) mass is 129 g/mol. The lowest BCUT2D eigenvalue weighted by atomic mass is 10.2. The Balaban J connectivity index is 2.34. The maximum absolute atomic E-state index is 5.61. The van der Waals surface area contributed by atoms with Gasteiger partial charge in [-0.05, 0) is 13.8 Å². The standard InChI is InChI=1S/C6H15N3/c1-5-3-9(7)4-6(2)8-5/h5-6,8H,3-4,7H2,1-2H3/t5-,6+. The molecule has 0 spiro atoms. The van der Waals surface area contributed by atoms with Gasteiger partial charge in [0.1, 0.15) is 0 Å². The number of piperazine rings is 1. The summed E-state index contributed by atoms with van der Waals surface area (Å²) in [5, 5.41) is 5.25. The van der Waals surface area contributed by atoms with Gasteiger partial charge in [0, 0.05) is 25.2 Å². The summed E-state index contributed by atoms with van der Waals surface area (Å²) in [6, 6.07) is 1.08. The minimum Gasteiger partial charge on any atom is -0.309 e. The van der Waals surface area contributed by atoms with Gasteiger partial charge < -0.3 is 5.32 Å². The third-order valence-electron chi connectivity index (χ3n) is 1.59. The van der Waals surface area contributed by atoms with Crippen LogP contribution in [-0.2, 0) is 0 Å². The fourth-order valence-electron chi connectivity index (χ4n) is 1.37. The quantitative estimate of drug-likeness (QED) is 0.435. The zero-order valence-electron chi connectivity index (χ0n) is 6.09.